The Balaban J connectivity index is 3.25. The molecule has 8 nitrogen and oxygen atoms in total. The molecule has 198 valence electrons. The number of carboxylic acid groups (broad SMARTS) is 1. The molecule has 0 radical (unpaired) electrons. The Kier molecular flexibility index (Phi) is 8.74. The third-order valence-corrected chi connectivity index (χ3v) is 9.84. The Morgan fingerprint density at radius 3 is 0.971 bits per heavy atom. The Labute approximate surface area is 211 Å². The first-order valence-electron chi connectivity index (χ1n) is 12.8. The predicted molar refractivity (Wildman–Crippen MR) is 144 cm³/mol. The monoisotopic (exact) mass is 506 g/mol. The van der Waals surface area contributed by atoms with Crippen LogP contribution in [0.3, 0.4) is 0 Å². The fourth-order valence-electron chi connectivity index (χ4n) is 5.01. The molecule has 0 aliphatic heterocycles. The highest BCUT2D eigenvalue weighted by molar-refractivity contribution is 7.88. The molecule has 0 bridgehead atoms. The van der Waals surface area contributed by atoms with Crippen LogP contribution in [0.1, 0.15) is 116 Å². The number of rotatable bonds is 8. The van der Waals surface area contributed by atoms with Gasteiger partial charge in [0.1, 0.15) is 5.66 Å². The molecule has 2 rings (SSSR count). The standard InChI is InChI=1S/C26H47N6O2P/c1-15(2)29-20(11)21(12)30(16(3)4)24(29)27-35(19(9)10,26(33)34)28-25-31(17(5)6)22(13)23(14)32(25)18(7)8/h15-19H,1-14H3. The molecule has 0 amide bonds. The van der Waals surface area contributed by atoms with Gasteiger partial charge in [-0.2, -0.15) is 0 Å². The van der Waals surface area contributed by atoms with E-state index in [-0.39, 0.29) is 29.8 Å². The molecular formula is C26H47N6O2P. The van der Waals surface area contributed by atoms with E-state index in [1.807, 2.05) is 13.8 Å². The second-order valence-electron chi connectivity index (χ2n) is 11.0. The zero-order valence-corrected chi connectivity index (χ0v) is 25.2. The molecule has 2 aromatic rings. The molecule has 0 aliphatic carbocycles. The molecule has 2 heterocycles. The smallest absolute Gasteiger partial charge is 0.310 e. The fraction of sp³-hybridized carbons (Fsp3) is 0.731. The van der Waals surface area contributed by atoms with E-state index in [0.717, 1.165) is 22.8 Å². The van der Waals surface area contributed by atoms with Crippen molar-refractivity contribution in [2.24, 2.45) is 9.53 Å². The van der Waals surface area contributed by atoms with E-state index in [1.54, 1.807) is 0 Å². The largest absolute Gasteiger partial charge is 0.511 e. The summed E-state index contributed by atoms with van der Waals surface area (Å²) in [6, 6.07) is 0.474. The van der Waals surface area contributed by atoms with Crippen LogP contribution in [-0.2, 0) is 0 Å². The second kappa shape index (κ2) is 10.5. The first kappa shape index (κ1) is 29.2. The lowest BCUT2D eigenvalue weighted by Gasteiger charge is -2.22. The summed E-state index contributed by atoms with van der Waals surface area (Å²) in [4.78, 5) is 13.1. The van der Waals surface area contributed by atoms with Gasteiger partial charge < -0.3 is 28.2 Å². The number of aromatic nitrogens is 4. The van der Waals surface area contributed by atoms with Crippen molar-refractivity contribution in [1.29, 1.82) is 0 Å². The van der Waals surface area contributed by atoms with Crippen molar-refractivity contribution in [3.05, 3.63) is 34.0 Å². The molecule has 0 aromatic carbocycles. The molecule has 0 atom stereocenters. The van der Waals surface area contributed by atoms with E-state index in [1.165, 1.54) is 0 Å². The minimum atomic E-state index is -3.39. The maximum atomic E-state index is 13.1. The molecule has 0 aliphatic rings. The van der Waals surface area contributed by atoms with Gasteiger partial charge in [0, 0.05) is 46.9 Å². The van der Waals surface area contributed by atoms with Crippen LogP contribution < -0.4 is 16.3 Å². The molecule has 0 unspecified atom stereocenters. The summed E-state index contributed by atoms with van der Waals surface area (Å²) in [6.07, 6.45) is 0. The van der Waals surface area contributed by atoms with Crippen LogP contribution in [-0.4, -0.2) is 29.6 Å². The first-order chi connectivity index (χ1) is 16.0. The quantitative estimate of drug-likeness (QED) is 0.440. The van der Waals surface area contributed by atoms with Crippen LogP contribution in [0, 0.1) is 27.7 Å². The maximum absolute atomic E-state index is 13.1. The second-order valence-corrected chi connectivity index (χ2v) is 14.1. The van der Waals surface area contributed by atoms with Gasteiger partial charge in [-0.15, -0.1) is 0 Å². The lowest BCUT2D eigenvalue weighted by Crippen LogP contribution is -2.36. The molecule has 0 N–H and O–H groups in total. The van der Waals surface area contributed by atoms with Crippen LogP contribution >= 0.6 is 7.56 Å². The molecule has 0 spiro atoms. The van der Waals surface area contributed by atoms with Crippen molar-refractivity contribution in [2.75, 3.05) is 0 Å². The number of carbonyl (C=O) groups is 1. The highest BCUT2D eigenvalue weighted by Crippen LogP contribution is 2.65. The van der Waals surface area contributed by atoms with Crippen LogP contribution in [0.5, 0.6) is 0 Å². The van der Waals surface area contributed by atoms with Gasteiger partial charge in [0.05, 0.1) is 0 Å². The number of hydrogen-bond acceptors (Lipinski definition) is 4. The van der Waals surface area contributed by atoms with Gasteiger partial charge in [-0.3, -0.25) is 0 Å². The van der Waals surface area contributed by atoms with E-state index < -0.39 is 13.3 Å². The zero-order valence-electron chi connectivity index (χ0n) is 24.3. The molecule has 0 saturated heterocycles. The highest BCUT2D eigenvalue weighted by atomic mass is 31.2. The van der Waals surface area contributed by atoms with Crippen LogP contribution in [0.2, 0.25) is 0 Å². The number of imidazole rings is 2. The van der Waals surface area contributed by atoms with Gasteiger partial charge in [-0.25, -0.2) is 0 Å². The summed E-state index contributed by atoms with van der Waals surface area (Å²) >= 11 is 0. The number of hydrogen-bond donors (Lipinski definition) is 0. The lowest BCUT2D eigenvalue weighted by atomic mass is 10.3. The van der Waals surface area contributed by atoms with E-state index in [9.17, 15) is 9.90 Å². The third kappa shape index (κ3) is 4.96. The molecule has 35 heavy (non-hydrogen) atoms. The van der Waals surface area contributed by atoms with Gasteiger partial charge >= 0.3 is 7.56 Å². The molecule has 2 aromatic heterocycles. The molecule has 0 fully saturated rings. The van der Waals surface area contributed by atoms with Crippen LogP contribution in [0.4, 0.5) is 4.79 Å². The van der Waals surface area contributed by atoms with Crippen LogP contribution in [0.25, 0.3) is 0 Å². The molecule has 9 heteroatoms. The van der Waals surface area contributed by atoms with E-state index in [0.29, 0.717) is 11.2 Å². The Hall–Kier alpha value is -2.08. The predicted octanol–water partition coefficient (Wildman–Crippen LogP) is 5.55. The zero-order chi connectivity index (χ0) is 27.2. The van der Waals surface area contributed by atoms with Gasteiger partial charge in [0.2, 0.25) is 11.2 Å². The topological polar surface area (TPSA) is 84.6 Å². The average Bonchev–Trinajstić information content (AvgIpc) is 3.10. The lowest BCUT2D eigenvalue weighted by molar-refractivity contribution is -0.234. The summed E-state index contributed by atoms with van der Waals surface area (Å²) in [5, 5.41) is 13.1. The summed E-state index contributed by atoms with van der Waals surface area (Å²) in [7, 11) is -3.39. The molecular weight excluding hydrogens is 459 g/mol. The third-order valence-electron chi connectivity index (χ3n) is 6.89. The summed E-state index contributed by atoms with van der Waals surface area (Å²) in [6.45, 7) is 28.9. The Morgan fingerprint density at radius 1 is 0.600 bits per heavy atom. The minimum absolute atomic E-state index is 0.118. The van der Waals surface area contributed by atoms with Gasteiger partial charge in [0.25, 0.3) is 5.71 Å². The van der Waals surface area contributed by atoms with Gasteiger partial charge in [-0.1, -0.05) is 9.53 Å². The highest BCUT2D eigenvalue weighted by Gasteiger charge is 2.48. The Morgan fingerprint density at radius 2 is 0.829 bits per heavy atom. The maximum Gasteiger partial charge on any atom is 0.310 e. The SMILES string of the molecule is Cc1c(C)n(C(C)C)c(=N[P+](N=c2n(C(C)C)c(C)c(C)n2C(C)C)(C(=O)[O-])C(C)C)n1C(C)C. The average molecular weight is 507 g/mol. The Bertz CT molecular complexity index is 1070. The van der Waals surface area contributed by atoms with Crippen molar-refractivity contribution in [3.8, 4) is 0 Å². The van der Waals surface area contributed by atoms with Gasteiger partial charge in [-0.05, 0) is 96.9 Å². The van der Waals surface area contributed by atoms with Gasteiger partial charge in [0.15, 0.2) is 0 Å². The minimum Gasteiger partial charge on any atom is -0.511 e. The first-order valence-corrected chi connectivity index (χ1v) is 14.6. The van der Waals surface area contributed by atoms with Crippen molar-refractivity contribution in [1.82, 2.24) is 18.3 Å². The molecule has 0 saturated carbocycles. The summed E-state index contributed by atoms with van der Waals surface area (Å²) < 4.78 is 18.8. The fourth-order valence-corrected chi connectivity index (χ4v) is 7.04. The summed E-state index contributed by atoms with van der Waals surface area (Å²) in [5.74, 6) is 0. The van der Waals surface area contributed by atoms with Crippen molar-refractivity contribution >= 4 is 13.3 Å². The summed E-state index contributed by atoms with van der Waals surface area (Å²) in [5.41, 5.74) is 4.14. The van der Waals surface area contributed by atoms with Crippen molar-refractivity contribution in [2.45, 2.75) is 127 Å². The number of nitrogens with zero attached hydrogens (tertiary/aromatic N) is 6. The normalized spacial score (nSPS) is 12.7. The van der Waals surface area contributed by atoms with Crippen molar-refractivity contribution < 1.29 is 9.90 Å². The van der Waals surface area contributed by atoms with Crippen LogP contribution in [0.15, 0.2) is 9.53 Å². The van der Waals surface area contributed by atoms with Crippen molar-refractivity contribution in [3.63, 3.8) is 0 Å². The van der Waals surface area contributed by atoms with E-state index in [2.05, 4.69) is 101 Å². The van der Waals surface area contributed by atoms with E-state index >= 15 is 0 Å². The number of carbonyl (C=O) groups excluding carboxylic acids is 1. The van der Waals surface area contributed by atoms with E-state index in [4.69, 9.17) is 9.53 Å².